The predicted molar refractivity (Wildman–Crippen MR) is 117 cm³/mol. The molecule has 1 N–H and O–H groups in total. The normalized spacial score (nSPS) is 12.8. The quantitative estimate of drug-likeness (QED) is 0.655. The van der Waals surface area contributed by atoms with E-state index in [0.717, 1.165) is 33.3 Å². The van der Waals surface area contributed by atoms with E-state index in [2.05, 4.69) is 5.32 Å². The number of carbonyl (C=O) groups is 1. The van der Waals surface area contributed by atoms with Gasteiger partial charge in [0.1, 0.15) is 10.8 Å². The molecular formula is C22H23N3O4S. The number of carbonyl (C=O) groups excluding carboxylic acids is 1. The second-order valence-corrected chi connectivity index (χ2v) is 7.88. The summed E-state index contributed by atoms with van der Waals surface area (Å²) in [4.78, 5) is 20.5. The molecule has 1 aromatic heterocycles. The highest BCUT2D eigenvalue weighted by atomic mass is 32.1. The van der Waals surface area contributed by atoms with Crippen molar-refractivity contribution in [1.29, 1.82) is 0 Å². The van der Waals surface area contributed by atoms with Crippen LogP contribution in [0.1, 0.15) is 10.6 Å². The Morgan fingerprint density at radius 1 is 1.07 bits per heavy atom. The van der Waals surface area contributed by atoms with Gasteiger partial charge in [-0.25, -0.2) is 9.78 Å². The van der Waals surface area contributed by atoms with E-state index in [-0.39, 0.29) is 6.03 Å². The molecule has 156 valence electrons. The smallest absolute Gasteiger partial charge is 0.322 e. The number of urea groups is 1. The van der Waals surface area contributed by atoms with Crippen LogP contribution in [0.2, 0.25) is 0 Å². The molecule has 0 saturated heterocycles. The predicted octanol–water partition coefficient (Wildman–Crippen LogP) is 4.43. The van der Waals surface area contributed by atoms with Crippen molar-refractivity contribution in [2.75, 3.05) is 33.2 Å². The number of fused-ring (bicyclic) bond motifs is 1. The maximum atomic E-state index is 12.8. The number of rotatable bonds is 5. The van der Waals surface area contributed by atoms with E-state index in [1.165, 1.54) is 0 Å². The van der Waals surface area contributed by atoms with E-state index in [1.807, 2.05) is 24.3 Å². The van der Waals surface area contributed by atoms with Crippen molar-refractivity contribution in [3.8, 4) is 27.8 Å². The molecule has 30 heavy (non-hydrogen) atoms. The Morgan fingerprint density at radius 3 is 2.67 bits per heavy atom. The highest BCUT2D eigenvalue weighted by Gasteiger charge is 2.25. The summed E-state index contributed by atoms with van der Waals surface area (Å²) in [5.74, 6) is 1.99. The van der Waals surface area contributed by atoms with Gasteiger partial charge in [0.15, 0.2) is 11.5 Å². The molecule has 2 aromatic carbocycles. The summed E-state index contributed by atoms with van der Waals surface area (Å²) in [5, 5.41) is 3.89. The molecule has 1 aliphatic heterocycles. The van der Waals surface area contributed by atoms with Crippen LogP contribution in [-0.2, 0) is 13.0 Å². The number of nitrogens with zero attached hydrogens (tertiary/aromatic N) is 2. The maximum Gasteiger partial charge on any atom is 0.322 e. The molecule has 0 bridgehead atoms. The third kappa shape index (κ3) is 4.04. The molecule has 0 fully saturated rings. The van der Waals surface area contributed by atoms with Gasteiger partial charge in [-0.1, -0.05) is 12.1 Å². The first-order valence-corrected chi connectivity index (χ1v) is 10.3. The van der Waals surface area contributed by atoms with Gasteiger partial charge in [-0.15, -0.1) is 11.3 Å². The first kappa shape index (κ1) is 20.0. The Balaban J connectivity index is 1.47. The lowest BCUT2D eigenvalue weighted by Crippen LogP contribution is -2.38. The molecule has 2 amide bonds. The van der Waals surface area contributed by atoms with Crippen LogP contribution in [0.25, 0.3) is 10.6 Å². The van der Waals surface area contributed by atoms with Crippen LogP contribution < -0.4 is 19.5 Å². The van der Waals surface area contributed by atoms with Crippen molar-refractivity contribution in [2.45, 2.75) is 13.0 Å². The number of nitrogens with one attached hydrogen (secondary N) is 1. The molecular weight excluding hydrogens is 402 g/mol. The number of anilines is 1. The summed E-state index contributed by atoms with van der Waals surface area (Å²) in [6.07, 6.45) is 0.731. The van der Waals surface area contributed by atoms with Crippen LogP contribution in [0.3, 0.4) is 0 Å². The van der Waals surface area contributed by atoms with Crippen molar-refractivity contribution in [3.05, 3.63) is 53.0 Å². The van der Waals surface area contributed by atoms with E-state index in [9.17, 15) is 4.79 Å². The second kappa shape index (κ2) is 8.62. The van der Waals surface area contributed by atoms with Gasteiger partial charge in [0.2, 0.25) is 0 Å². The number of ether oxygens (including phenoxy) is 3. The minimum absolute atomic E-state index is 0.149. The van der Waals surface area contributed by atoms with Crippen molar-refractivity contribution >= 4 is 23.1 Å². The fourth-order valence-electron chi connectivity index (χ4n) is 3.36. The fraction of sp³-hybridized carbons (Fsp3) is 0.273. The molecule has 0 spiro atoms. The number of thiazole rings is 1. The Labute approximate surface area is 179 Å². The van der Waals surface area contributed by atoms with Crippen molar-refractivity contribution in [1.82, 2.24) is 9.88 Å². The Bertz CT molecular complexity index is 1070. The average Bonchev–Trinajstić information content (AvgIpc) is 3.22. The number of hydrogen-bond acceptors (Lipinski definition) is 6. The van der Waals surface area contributed by atoms with E-state index < -0.39 is 0 Å². The van der Waals surface area contributed by atoms with Crippen LogP contribution in [0.5, 0.6) is 17.2 Å². The third-order valence-corrected chi connectivity index (χ3v) is 6.10. The van der Waals surface area contributed by atoms with Gasteiger partial charge in [0.25, 0.3) is 0 Å². The molecule has 0 aliphatic carbocycles. The number of hydrogen-bond donors (Lipinski definition) is 1. The molecule has 0 saturated carbocycles. The van der Waals surface area contributed by atoms with E-state index in [4.69, 9.17) is 19.2 Å². The second-order valence-electron chi connectivity index (χ2n) is 6.79. The monoisotopic (exact) mass is 425 g/mol. The Kier molecular flexibility index (Phi) is 5.76. The van der Waals surface area contributed by atoms with E-state index in [0.29, 0.717) is 30.3 Å². The van der Waals surface area contributed by atoms with Gasteiger partial charge in [0.05, 0.1) is 33.6 Å². The first-order valence-electron chi connectivity index (χ1n) is 9.52. The highest BCUT2D eigenvalue weighted by Crippen LogP contribution is 2.34. The lowest BCUT2D eigenvalue weighted by molar-refractivity contribution is 0.207. The van der Waals surface area contributed by atoms with Gasteiger partial charge in [0, 0.05) is 35.2 Å². The Morgan fingerprint density at radius 2 is 1.90 bits per heavy atom. The molecule has 7 nitrogen and oxygen atoms in total. The molecule has 3 aromatic rings. The van der Waals surface area contributed by atoms with Crippen LogP contribution in [0.4, 0.5) is 10.5 Å². The zero-order valence-electron chi connectivity index (χ0n) is 17.1. The van der Waals surface area contributed by atoms with Gasteiger partial charge in [-0.05, 0) is 24.3 Å². The lowest BCUT2D eigenvalue weighted by Gasteiger charge is -2.26. The largest absolute Gasteiger partial charge is 0.497 e. The van der Waals surface area contributed by atoms with Crippen molar-refractivity contribution < 1.29 is 19.0 Å². The zero-order valence-corrected chi connectivity index (χ0v) is 17.9. The zero-order chi connectivity index (χ0) is 21.1. The van der Waals surface area contributed by atoms with Gasteiger partial charge in [-0.2, -0.15) is 0 Å². The molecule has 0 unspecified atom stereocenters. The topological polar surface area (TPSA) is 72.9 Å². The lowest BCUT2D eigenvalue weighted by atomic mass is 10.2. The molecule has 1 aliphatic rings. The van der Waals surface area contributed by atoms with Gasteiger partial charge >= 0.3 is 6.03 Å². The molecule has 4 rings (SSSR count). The number of aromatic nitrogens is 1. The fourth-order valence-corrected chi connectivity index (χ4v) is 4.48. The molecule has 8 heteroatoms. The minimum atomic E-state index is -0.149. The number of methoxy groups -OCH3 is 3. The maximum absolute atomic E-state index is 12.8. The summed E-state index contributed by atoms with van der Waals surface area (Å²) in [6.45, 7) is 1.16. The highest BCUT2D eigenvalue weighted by molar-refractivity contribution is 7.15. The van der Waals surface area contributed by atoms with Crippen LogP contribution in [0.15, 0.2) is 42.5 Å². The average molecular weight is 426 g/mol. The summed E-state index contributed by atoms with van der Waals surface area (Å²) >= 11 is 1.62. The summed E-state index contributed by atoms with van der Waals surface area (Å²) in [5.41, 5.74) is 2.74. The van der Waals surface area contributed by atoms with Crippen molar-refractivity contribution in [3.63, 3.8) is 0 Å². The number of amides is 2. The molecule has 2 heterocycles. The van der Waals surface area contributed by atoms with Crippen LogP contribution in [-0.4, -0.2) is 43.8 Å². The SMILES string of the molecule is COc1cccc(-c2nc3c(s2)CN(C(=O)Nc2ccc(OC)c(OC)c2)CC3)c1. The molecule has 0 radical (unpaired) electrons. The minimum Gasteiger partial charge on any atom is -0.497 e. The van der Waals surface area contributed by atoms with E-state index >= 15 is 0 Å². The summed E-state index contributed by atoms with van der Waals surface area (Å²) in [7, 11) is 4.80. The third-order valence-electron chi connectivity index (χ3n) is 4.97. The molecule has 0 atom stereocenters. The first-order chi connectivity index (χ1) is 14.6. The summed E-state index contributed by atoms with van der Waals surface area (Å²) < 4.78 is 15.9. The van der Waals surface area contributed by atoms with E-state index in [1.54, 1.807) is 55.8 Å². The Hall–Kier alpha value is -3.26. The van der Waals surface area contributed by atoms with Crippen molar-refractivity contribution in [2.24, 2.45) is 0 Å². The number of benzene rings is 2. The van der Waals surface area contributed by atoms with Gasteiger partial charge < -0.3 is 24.4 Å². The van der Waals surface area contributed by atoms with Crippen LogP contribution in [0, 0.1) is 0 Å². The van der Waals surface area contributed by atoms with Gasteiger partial charge in [-0.3, -0.25) is 0 Å². The summed E-state index contributed by atoms with van der Waals surface area (Å²) in [6, 6.07) is 13.0. The van der Waals surface area contributed by atoms with Crippen LogP contribution >= 0.6 is 11.3 Å². The standard InChI is InChI=1S/C22H23N3O4S/c1-27-16-6-4-5-14(11-16)21-24-17-9-10-25(13-20(17)30-21)22(26)23-15-7-8-18(28-2)19(12-15)29-3/h4-8,11-12H,9-10,13H2,1-3H3,(H,23,26).